The highest BCUT2D eigenvalue weighted by atomic mass is 35.5. The van der Waals surface area contributed by atoms with E-state index in [1.165, 1.54) is 24.8 Å². The average Bonchev–Trinajstić information content (AvgIpc) is 2.51. The van der Waals surface area contributed by atoms with E-state index in [0.29, 0.717) is 11.1 Å². The van der Waals surface area contributed by atoms with E-state index in [2.05, 4.69) is 6.58 Å². The van der Waals surface area contributed by atoms with Crippen LogP contribution in [0.1, 0.15) is 21.5 Å². The van der Waals surface area contributed by atoms with Crippen LogP contribution in [0.15, 0.2) is 47.8 Å². The van der Waals surface area contributed by atoms with Gasteiger partial charge >= 0.3 is 5.97 Å². The monoisotopic (exact) mass is 303 g/mol. The Morgan fingerprint density at radius 2 is 1.90 bits per heavy atom. The zero-order valence-corrected chi connectivity index (χ0v) is 12.5. The minimum Gasteiger partial charge on any atom is -0.465 e. The molecule has 0 saturated carbocycles. The molecule has 0 spiro atoms. The van der Waals surface area contributed by atoms with E-state index in [-0.39, 0.29) is 16.3 Å². The predicted molar refractivity (Wildman–Crippen MR) is 82.6 cm³/mol. The summed E-state index contributed by atoms with van der Waals surface area (Å²) in [7, 11) is 2.75. The van der Waals surface area contributed by atoms with Gasteiger partial charge in [0.2, 0.25) is 0 Å². The predicted octanol–water partition coefficient (Wildman–Crippen LogP) is 2.89. The number of hydrogen-bond acceptors (Lipinski definition) is 3. The first-order chi connectivity index (χ1) is 9.97. The number of carbonyl (C=O) groups is 1. The van der Waals surface area contributed by atoms with Crippen molar-refractivity contribution >= 4 is 23.1 Å². The van der Waals surface area contributed by atoms with Crippen LogP contribution >= 0.6 is 11.6 Å². The first kappa shape index (κ1) is 15.1. The third-order valence-corrected chi connectivity index (χ3v) is 3.65. The molecule has 1 heterocycles. The fourth-order valence-corrected chi connectivity index (χ4v) is 2.26. The van der Waals surface area contributed by atoms with E-state index >= 15 is 0 Å². The number of esters is 1. The van der Waals surface area contributed by atoms with Crippen molar-refractivity contribution in [1.82, 2.24) is 4.57 Å². The Hall–Kier alpha value is -2.33. The number of nitrogens with zero attached hydrogens (tertiary/aromatic N) is 1. The van der Waals surface area contributed by atoms with Crippen molar-refractivity contribution in [2.75, 3.05) is 7.11 Å². The Balaban J connectivity index is 2.71. The average molecular weight is 304 g/mol. The molecular weight excluding hydrogens is 290 g/mol. The van der Waals surface area contributed by atoms with Crippen LogP contribution in [-0.4, -0.2) is 17.6 Å². The van der Waals surface area contributed by atoms with E-state index < -0.39 is 5.97 Å². The number of pyridine rings is 1. The molecule has 0 fully saturated rings. The Morgan fingerprint density at radius 1 is 1.29 bits per heavy atom. The number of rotatable bonds is 3. The summed E-state index contributed by atoms with van der Waals surface area (Å²) in [5.74, 6) is -0.609. The van der Waals surface area contributed by atoms with Crippen LogP contribution in [0.3, 0.4) is 0 Å². The second-order valence-electron chi connectivity index (χ2n) is 4.46. The summed E-state index contributed by atoms with van der Waals surface area (Å²) in [5.41, 5.74) is 1.53. The van der Waals surface area contributed by atoms with Crippen LogP contribution in [-0.2, 0) is 11.8 Å². The fourth-order valence-electron chi connectivity index (χ4n) is 2.00. The van der Waals surface area contributed by atoms with Crippen LogP contribution in [0, 0.1) is 0 Å². The number of aromatic nitrogens is 1. The SMILES string of the molecule is C=C(c1ccccc1)c1cc(=O)n(C)c(Cl)c1C(=O)OC. The van der Waals surface area contributed by atoms with Gasteiger partial charge in [0.05, 0.1) is 7.11 Å². The summed E-state index contributed by atoms with van der Waals surface area (Å²) in [6, 6.07) is 10.6. The lowest BCUT2D eigenvalue weighted by atomic mass is 9.96. The third-order valence-electron chi connectivity index (χ3n) is 3.21. The highest BCUT2D eigenvalue weighted by Crippen LogP contribution is 2.28. The summed E-state index contributed by atoms with van der Waals surface area (Å²) < 4.78 is 5.95. The van der Waals surface area contributed by atoms with Crippen molar-refractivity contribution in [3.63, 3.8) is 0 Å². The van der Waals surface area contributed by atoms with E-state index in [4.69, 9.17) is 16.3 Å². The molecule has 0 atom stereocenters. The lowest BCUT2D eigenvalue weighted by Gasteiger charge is -2.14. The Labute approximate surface area is 127 Å². The molecule has 21 heavy (non-hydrogen) atoms. The van der Waals surface area contributed by atoms with Crippen molar-refractivity contribution in [3.8, 4) is 0 Å². The zero-order chi connectivity index (χ0) is 15.6. The summed E-state index contributed by atoms with van der Waals surface area (Å²) in [6.45, 7) is 3.97. The Kier molecular flexibility index (Phi) is 4.29. The first-order valence-electron chi connectivity index (χ1n) is 6.20. The molecule has 108 valence electrons. The molecule has 2 aromatic rings. The quantitative estimate of drug-likeness (QED) is 0.647. The van der Waals surface area contributed by atoms with Crippen molar-refractivity contribution in [2.45, 2.75) is 0 Å². The molecule has 4 nitrogen and oxygen atoms in total. The molecule has 1 aromatic heterocycles. The molecule has 0 aliphatic carbocycles. The van der Waals surface area contributed by atoms with Gasteiger partial charge in [0.1, 0.15) is 10.7 Å². The first-order valence-corrected chi connectivity index (χ1v) is 6.57. The molecule has 0 aliphatic heterocycles. The van der Waals surface area contributed by atoms with Gasteiger partial charge in [0.25, 0.3) is 5.56 Å². The van der Waals surface area contributed by atoms with Crippen LogP contribution < -0.4 is 5.56 Å². The molecule has 2 rings (SSSR count). The van der Waals surface area contributed by atoms with Crippen molar-refractivity contribution in [2.24, 2.45) is 7.05 Å². The summed E-state index contributed by atoms with van der Waals surface area (Å²) >= 11 is 6.13. The van der Waals surface area contributed by atoms with Crippen molar-refractivity contribution in [1.29, 1.82) is 0 Å². The van der Waals surface area contributed by atoms with Gasteiger partial charge < -0.3 is 9.30 Å². The van der Waals surface area contributed by atoms with Crippen LogP contribution in [0.25, 0.3) is 5.57 Å². The van der Waals surface area contributed by atoms with E-state index in [0.717, 1.165) is 5.56 Å². The number of ether oxygens (including phenoxy) is 1. The van der Waals surface area contributed by atoms with Gasteiger partial charge in [-0.2, -0.15) is 0 Å². The lowest BCUT2D eigenvalue weighted by molar-refractivity contribution is 0.0599. The van der Waals surface area contributed by atoms with Gasteiger partial charge in [-0.3, -0.25) is 4.79 Å². The lowest BCUT2D eigenvalue weighted by Crippen LogP contribution is -2.22. The molecule has 1 aromatic carbocycles. The van der Waals surface area contributed by atoms with E-state index in [1.807, 2.05) is 30.3 Å². The van der Waals surface area contributed by atoms with Crippen LogP contribution in [0.2, 0.25) is 5.15 Å². The third kappa shape index (κ3) is 2.76. The molecule has 5 heteroatoms. The number of hydrogen-bond donors (Lipinski definition) is 0. The number of methoxy groups -OCH3 is 1. The molecule has 0 radical (unpaired) electrons. The van der Waals surface area contributed by atoms with Gasteiger partial charge in [0, 0.05) is 18.7 Å². The van der Waals surface area contributed by atoms with E-state index in [9.17, 15) is 9.59 Å². The fraction of sp³-hybridized carbons (Fsp3) is 0.125. The van der Waals surface area contributed by atoms with Gasteiger partial charge in [-0.15, -0.1) is 0 Å². The van der Waals surface area contributed by atoms with Crippen LogP contribution in [0.5, 0.6) is 0 Å². The highest BCUT2D eigenvalue weighted by Gasteiger charge is 2.22. The molecule has 0 unspecified atom stereocenters. The maximum absolute atomic E-state index is 12.0. The Morgan fingerprint density at radius 3 is 2.48 bits per heavy atom. The molecule has 0 N–H and O–H groups in total. The maximum Gasteiger partial charge on any atom is 0.341 e. The second-order valence-corrected chi connectivity index (χ2v) is 4.82. The second kappa shape index (κ2) is 5.97. The highest BCUT2D eigenvalue weighted by molar-refractivity contribution is 6.33. The van der Waals surface area contributed by atoms with E-state index in [1.54, 1.807) is 0 Å². The summed E-state index contributed by atoms with van der Waals surface area (Å²) in [4.78, 5) is 23.9. The molecule has 0 aliphatic rings. The smallest absolute Gasteiger partial charge is 0.341 e. The summed E-state index contributed by atoms with van der Waals surface area (Å²) in [6.07, 6.45) is 0. The summed E-state index contributed by atoms with van der Waals surface area (Å²) in [5, 5.41) is 0.0291. The topological polar surface area (TPSA) is 48.3 Å². The molecular formula is C16H14ClNO3. The van der Waals surface area contributed by atoms with Gasteiger partial charge in [-0.25, -0.2) is 4.79 Å². The maximum atomic E-state index is 12.0. The normalized spacial score (nSPS) is 10.2. The minimum absolute atomic E-state index is 0.0291. The molecule has 0 saturated heterocycles. The minimum atomic E-state index is -0.609. The number of halogens is 1. The standard InChI is InChI=1S/C16H14ClNO3/c1-10(11-7-5-4-6-8-11)12-9-13(19)18(2)15(17)14(12)16(20)21-3/h4-9H,1H2,2-3H3. The van der Waals surface area contributed by atoms with Crippen molar-refractivity contribution < 1.29 is 9.53 Å². The van der Waals surface area contributed by atoms with Gasteiger partial charge in [-0.1, -0.05) is 48.5 Å². The van der Waals surface area contributed by atoms with Gasteiger partial charge in [-0.05, 0) is 11.1 Å². The van der Waals surface area contributed by atoms with Gasteiger partial charge in [0.15, 0.2) is 0 Å². The molecule has 0 amide bonds. The number of carbonyl (C=O) groups excluding carboxylic acids is 1. The zero-order valence-electron chi connectivity index (χ0n) is 11.7. The number of benzene rings is 1. The molecule has 0 bridgehead atoms. The van der Waals surface area contributed by atoms with Crippen molar-refractivity contribution in [3.05, 3.63) is 75.2 Å². The Bertz CT molecular complexity index is 763. The van der Waals surface area contributed by atoms with Crippen LogP contribution in [0.4, 0.5) is 0 Å². The largest absolute Gasteiger partial charge is 0.465 e.